The van der Waals surface area contributed by atoms with E-state index in [-0.39, 0.29) is 0 Å². The third kappa shape index (κ3) is 3.30. The topological polar surface area (TPSA) is 46.5 Å². The van der Waals surface area contributed by atoms with Gasteiger partial charge in [-0.05, 0) is 12.1 Å². The second kappa shape index (κ2) is 7.04. The van der Waals surface area contributed by atoms with Crippen LogP contribution in [0.4, 0.5) is 0 Å². The van der Waals surface area contributed by atoms with E-state index < -0.39 is 0 Å². The molecule has 4 rings (SSSR count). The lowest BCUT2D eigenvalue weighted by atomic mass is 10.2. The Morgan fingerprint density at radius 2 is 1.55 bits per heavy atom. The molecule has 2 heterocycles. The molecule has 0 aliphatic heterocycles. The Bertz CT molecular complexity index is 703. The molecule has 0 spiro atoms. The summed E-state index contributed by atoms with van der Waals surface area (Å²) >= 11 is 0. The number of hydrogen-bond donors (Lipinski definition) is 1. The number of H-pyrrole nitrogens is 1. The number of aromatic amines is 1. The van der Waals surface area contributed by atoms with Crippen molar-refractivity contribution < 1.29 is 0 Å². The van der Waals surface area contributed by atoms with Crippen LogP contribution in [0.2, 0.25) is 0 Å². The summed E-state index contributed by atoms with van der Waals surface area (Å²) in [6.07, 6.45) is 8.90. The monoisotopic (exact) mass is 288 g/mol. The minimum Gasteiger partial charge on any atom is -0.351 e. The minimum atomic E-state index is 0.969. The molecule has 2 aromatic heterocycles. The highest BCUT2D eigenvalue weighted by atomic mass is 15.1. The molecule has 4 nitrogen and oxygen atoms in total. The fourth-order valence-electron chi connectivity index (χ4n) is 2.12. The predicted molar refractivity (Wildman–Crippen MR) is 87.6 cm³/mol. The lowest BCUT2D eigenvalue weighted by Gasteiger charge is -2.07. The number of para-hydroxylation sites is 1. The van der Waals surface area contributed by atoms with Crippen molar-refractivity contribution in [2.24, 2.45) is 0 Å². The molecule has 0 atom stereocenters. The van der Waals surface area contributed by atoms with Gasteiger partial charge in [-0.1, -0.05) is 48.5 Å². The van der Waals surface area contributed by atoms with Gasteiger partial charge < -0.3 is 4.98 Å². The van der Waals surface area contributed by atoms with Crippen molar-refractivity contribution in [3.8, 4) is 17.1 Å². The van der Waals surface area contributed by atoms with Gasteiger partial charge in [-0.15, -0.1) is 0 Å². The van der Waals surface area contributed by atoms with Crippen LogP contribution < -0.4 is 0 Å². The summed E-state index contributed by atoms with van der Waals surface area (Å²) in [4.78, 5) is 10.8. The van der Waals surface area contributed by atoms with Crippen molar-refractivity contribution >= 4 is 0 Å². The molecule has 0 bridgehead atoms. The van der Waals surface area contributed by atoms with E-state index in [1.807, 2.05) is 48.8 Å². The highest BCUT2D eigenvalue weighted by molar-refractivity contribution is 5.58. The Labute approximate surface area is 129 Å². The summed E-state index contributed by atoms with van der Waals surface area (Å²) in [6, 6.07) is 20.4. The molecule has 0 aliphatic rings. The molecule has 0 saturated heterocycles. The number of rotatable bonds is 2. The highest BCUT2D eigenvalue weighted by Gasteiger charge is 2.05. The molecular formula is C18H16N4. The van der Waals surface area contributed by atoms with Crippen LogP contribution in [0.1, 0.15) is 0 Å². The molecule has 108 valence electrons. The van der Waals surface area contributed by atoms with Crippen LogP contribution in [0.15, 0.2) is 91.8 Å². The van der Waals surface area contributed by atoms with Crippen LogP contribution in [-0.2, 0) is 0 Å². The Balaban J connectivity index is 0.000000246. The second-order valence-corrected chi connectivity index (χ2v) is 4.58. The zero-order chi connectivity index (χ0) is 15.0. The first kappa shape index (κ1) is 13.8. The second-order valence-electron chi connectivity index (χ2n) is 4.58. The van der Waals surface area contributed by atoms with Crippen molar-refractivity contribution in [1.82, 2.24) is 19.5 Å². The van der Waals surface area contributed by atoms with Crippen LogP contribution in [0, 0.1) is 0 Å². The third-order valence-corrected chi connectivity index (χ3v) is 3.11. The Morgan fingerprint density at radius 1 is 0.818 bits per heavy atom. The smallest absolute Gasteiger partial charge is 0.144 e. The van der Waals surface area contributed by atoms with Gasteiger partial charge in [-0.25, -0.2) is 9.97 Å². The first-order chi connectivity index (χ1) is 10.9. The van der Waals surface area contributed by atoms with Crippen molar-refractivity contribution in [2.45, 2.75) is 0 Å². The normalized spacial score (nSPS) is 9.82. The summed E-state index contributed by atoms with van der Waals surface area (Å²) < 4.78 is 2.09. The molecule has 4 heteroatoms. The Kier molecular flexibility index (Phi) is 4.42. The van der Waals surface area contributed by atoms with Crippen LogP contribution in [0.3, 0.4) is 0 Å². The van der Waals surface area contributed by atoms with E-state index in [0.29, 0.717) is 0 Å². The molecule has 0 amide bonds. The van der Waals surface area contributed by atoms with Crippen LogP contribution in [-0.4, -0.2) is 19.5 Å². The molecule has 2 aromatic carbocycles. The molecule has 0 radical (unpaired) electrons. The average Bonchev–Trinajstić information content (AvgIpc) is 3.31. The van der Waals surface area contributed by atoms with E-state index in [9.17, 15) is 0 Å². The maximum Gasteiger partial charge on any atom is 0.144 e. The summed E-state index contributed by atoms with van der Waals surface area (Å²) in [7, 11) is 0. The average molecular weight is 288 g/mol. The summed E-state index contributed by atoms with van der Waals surface area (Å²) in [6.45, 7) is 0. The zero-order valence-corrected chi connectivity index (χ0v) is 12.0. The minimum absolute atomic E-state index is 0.969. The fourth-order valence-corrected chi connectivity index (χ4v) is 2.12. The van der Waals surface area contributed by atoms with Crippen molar-refractivity contribution in [2.75, 3.05) is 0 Å². The number of imidazole rings is 2. The largest absolute Gasteiger partial charge is 0.351 e. The molecular weight excluding hydrogens is 272 g/mol. The van der Waals surface area contributed by atoms with Gasteiger partial charge in [0.05, 0.1) is 6.33 Å². The SMILES string of the molecule is c1c[nH]cn1.c1ccc(-c2nccn2-c2ccccc2)cc1. The highest BCUT2D eigenvalue weighted by Crippen LogP contribution is 2.20. The van der Waals surface area contributed by atoms with E-state index >= 15 is 0 Å². The molecule has 0 saturated carbocycles. The maximum absolute atomic E-state index is 4.43. The molecule has 4 aromatic rings. The molecule has 0 unspecified atom stereocenters. The summed E-state index contributed by atoms with van der Waals surface area (Å²) in [5.74, 6) is 0.969. The quantitative estimate of drug-likeness (QED) is 0.607. The lowest BCUT2D eigenvalue weighted by Crippen LogP contribution is -1.95. The van der Waals surface area contributed by atoms with E-state index in [4.69, 9.17) is 0 Å². The maximum atomic E-state index is 4.43. The van der Waals surface area contributed by atoms with Crippen molar-refractivity contribution in [3.63, 3.8) is 0 Å². The molecule has 0 aliphatic carbocycles. The Morgan fingerprint density at radius 3 is 2.14 bits per heavy atom. The van der Waals surface area contributed by atoms with Gasteiger partial charge in [-0.2, -0.15) is 0 Å². The van der Waals surface area contributed by atoms with Gasteiger partial charge in [0.15, 0.2) is 0 Å². The van der Waals surface area contributed by atoms with Gasteiger partial charge in [0, 0.05) is 36.0 Å². The van der Waals surface area contributed by atoms with Crippen LogP contribution in [0.25, 0.3) is 17.1 Å². The molecule has 0 fully saturated rings. The number of hydrogen-bond acceptors (Lipinski definition) is 2. The van der Waals surface area contributed by atoms with Gasteiger partial charge in [0.2, 0.25) is 0 Å². The zero-order valence-electron chi connectivity index (χ0n) is 12.0. The first-order valence-electron chi connectivity index (χ1n) is 7.02. The molecule has 1 N–H and O–H groups in total. The van der Waals surface area contributed by atoms with E-state index in [1.165, 1.54) is 0 Å². The van der Waals surface area contributed by atoms with Crippen LogP contribution >= 0.6 is 0 Å². The number of nitrogens with one attached hydrogen (secondary N) is 1. The van der Waals surface area contributed by atoms with Gasteiger partial charge in [0.1, 0.15) is 5.82 Å². The summed E-state index contributed by atoms with van der Waals surface area (Å²) in [5, 5.41) is 0. The summed E-state index contributed by atoms with van der Waals surface area (Å²) in [5.41, 5.74) is 2.25. The molecule has 22 heavy (non-hydrogen) atoms. The first-order valence-corrected chi connectivity index (χ1v) is 7.02. The van der Waals surface area contributed by atoms with E-state index in [1.54, 1.807) is 18.7 Å². The standard InChI is InChI=1S/C15H12N2.C3H4N2/c1-3-7-13(8-4-1)15-16-11-12-17(15)14-9-5-2-6-10-14;1-2-5-3-4-1/h1-12H;1-3H,(H,4,5). The van der Waals surface area contributed by atoms with Gasteiger partial charge in [0.25, 0.3) is 0 Å². The lowest BCUT2D eigenvalue weighted by molar-refractivity contribution is 1.07. The van der Waals surface area contributed by atoms with E-state index in [2.05, 4.69) is 43.8 Å². The third-order valence-electron chi connectivity index (χ3n) is 3.11. The number of benzene rings is 2. The fraction of sp³-hybridized carbons (Fsp3) is 0. The number of nitrogens with zero attached hydrogens (tertiary/aromatic N) is 3. The predicted octanol–water partition coefficient (Wildman–Crippen LogP) is 3.95. The Hall–Kier alpha value is -3.14. The van der Waals surface area contributed by atoms with E-state index in [0.717, 1.165) is 17.1 Å². The van der Waals surface area contributed by atoms with Gasteiger partial charge in [-0.3, -0.25) is 4.57 Å². The van der Waals surface area contributed by atoms with Crippen LogP contribution in [0.5, 0.6) is 0 Å². The van der Waals surface area contributed by atoms with Crippen molar-refractivity contribution in [1.29, 1.82) is 0 Å². The van der Waals surface area contributed by atoms with Crippen molar-refractivity contribution in [3.05, 3.63) is 91.8 Å². The number of aromatic nitrogens is 4. The van der Waals surface area contributed by atoms with Gasteiger partial charge >= 0.3 is 0 Å².